The van der Waals surface area contributed by atoms with E-state index in [4.69, 9.17) is 9.47 Å². The lowest BCUT2D eigenvalue weighted by molar-refractivity contribution is -0.138. The lowest BCUT2D eigenvalue weighted by Gasteiger charge is -2.25. The van der Waals surface area contributed by atoms with Crippen LogP contribution < -0.4 is 9.47 Å². The van der Waals surface area contributed by atoms with Crippen LogP contribution in [0, 0.1) is 0 Å². The van der Waals surface area contributed by atoms with Gasteiger partial charge in [-0.25, -0.2) is 0 Å². The lowest BCUT2D eigenvalue weighted by Crippen LogP contribution is -2.41. The van der Waals surface area contributed by atoms with Crippen LogP contribution >= 0.6 is 0 Å². The molecule has 0 heterocycles. The second-order valence-corrected chi connectivity index (χ2v) is 4.20. The summed E-state index contributed by atoms with van der Waals surface area (Å²) in [5.41, 5.74) is 0. The normalized spacial score (nSPS) is 11.8. The number of ether oxygens (including phenoxy) is 2. The molecular weight excluding hydrogens is 242 g/mol. The van der Waals surface area contributed by atoms with E-state index in [0.29, 0.717) is 25.3 Å². The Kier molecular flexibility index (Phi) is 6.19. The molecule has 4 nitrogen and oxygen atoms in total. The number of methoxy groups -OCH3 is 1. The Morgan fingerprint density at radius 3 is 2.05 bits per heavy atom. The van der Waals surface area contributed by atoms with E-state index in [1.807, 2.05) is 45.0 Å². The Balaban J connectivity index is 2.72. The zero-order chi connectivity index (χ0) is 14.3. The first-order valence-electron chi connectivity index (χ1n) is 6.75. The number of hydrogen-bond donors (Lipinski definition) is 0. The number of nitrogens with zero attached hydrogens (tertiary/aromatic N) is 1. The molecule has 0 aliphatic rings. The maximum atomic E-state index is 12.2. The van der Waals surface area contributed by atoms with Gasteiger partial charge in [0.05, 0.1) is 7.11 Å². The van der Waals surface area contributed by atoms with E-state index in [1.54, 1.807) is 12.0 Å². The van der Waals surface area contributed by atoms with Crippen LogP contribution in [0.15, 0.2) is 24.3 Å². The van der Waals surface area contributed by atoms with Crippen molar-refractivity contribution in [2.24, 2.45) is 0 Å². The van der Waals surface area contributed by atoms with Gasteiger partial charge in [-0.15, -0.1) is 0 Å². The fraction of sp³-hybridized carbons (Fsp3) is 0.533. The molecule has 1 unspecified atom stereocenters. The van der Waals surface area contributed by atoms with Gasteiger partial charge in [0.15, 0.2) is 6.10 Å². The summed E-state index contributed by atoms with van der Waals surface area (Å²) in [7, 11) is 1.62. The summed E-state index contributed by atoms with van der Waals surface area (Å²) in [4.78, 5) is 14.0. The van der Waals surface area contributed by atoms with Crippen LogP contribution in [0.4, 0.5) is 0 Å². The summed E-state index contributed by atoms with van der Waals surface area (Å²) in [5, 5.41) is 0. The van der Waals surface area contributed by atoms with Crippen LogP contribution in [-0.4, -0.2) is 37.1 Å². The average Bonchev–Trinajstić information content (AvgIpc) is 2.46. The summed E-state index contributed by atoms with van der Waals surface area (Å²) in [5.74, 6) is 1.51. The molecule has 19 heavy (non-hydrogen) atoms. The third kappa shape index (κ3) is 4.16. The van der Waals surface area contributed by atoms with E-state index in [-0.39, 0.29) is 5.91 Å². The molecule has 0 aromatic heterocycles. The van der Waals surface area contributed by atoms with Gasteiger partial charge in [0.25, 0.3) is 5.91 Å². The molecule has 106 valence electrons. The van der Waals surface area contributed by atoms with Crippen molar-refractivity contribution in [3.05, 3.63) is 24.3 Å². The number of carbonyl (C=O) groups excluding carboxylic acids is 1. The fourth-order valence-electron chi connectivity index (χ4n) is 1.87. The second kappa shape index (κ2) is 7.67. The Morgan fingerprint density at radius 1 is 1.11 bits per heavy atom. The Hall–Kier alpha value is -1.71. The third-order valence-corrected chi connectivity index (χ3v) is 3.06. The van der Waals surface area contributed by atoms with Crippen LogP contribution in [0.1, 0.15) is 27.2 Å². The van der Waals surface area contributed by atoms with Crippen LogP contribution in [0.3, 0.4) is 0 Å². The molecule has 0 radical (unpaired) electrons. The minimum atomic E-state index is -0.423. The van der Waals surface area contributed by atoms with Gasteiger partial charge >= 0.3 is 0 Å². The molecule has 0 aliphatic heterocycles. The SMILES string of the molecule is CCC(Oc1ccc(OC)cc1)C(=O)N(CC)CC. The number of likely N-dealkylation sites (N-methyl/N-ethyl adjacent to an activating group) is 1. The van der Waals surface area contributed by atoms with Gasteiger partial charge in [-0.2, -0.15) is 0 Å². The standard InChI is InChI=1S/C15H23NO3/c1-5-14(15(17)16(6-2)7-3)19-13-10-8-12(18-4)9-11-13/h8-11,14H,5-7H2,1-4H3. The molecule has 1 amide bonds. The van der Waals surface area contributed by atoms with Gasteiger partial charge < -0.3 is 14.4 Å². The summed E-state index contributed by atoms with van der Waals surface area (Å²) in [6.45, 7) is 7.31. The van der Waals surface area contributed by atoms with Gasteiger partial charge in [-0.3, -0.25) is 4.79 Å². The van der Waals surface area contributed by atoms with Gasteiger partial charge in [-0.05, 0) is 44.5 Å². The highest BCUT2D eigenvalue weighted by Gasteiger charge is 2.22. The van der Waals surface area contributed by atoms with E-state index in [1.165, 1.54) is 0 Å². The molecule has 0 saturated carbocycles. The molecule has 4 heteroatoms. The molecule has 0 fully saturated rings. The third-order valence-electron chi connectivity index (χ3n) is 3.06. The van der Waals surface area contributed by atoms with Crippen LogP contribution in [0.25, 0.3) is 0 Å². The topological polar surface area (TPSA) is 38.8 Å². The maximum Gasteiger partial charge on any atom is 0.263 e. The Bertz CT molecular complexity index is 385. The molecule has 0 aliphatic carbocycles. The molecule has 1 aromatic carbocycles. The zero-order valence-electron chi connectivity index (χ0n) is 12.2. The number of benzene rings is 1. The molecular formula is C15H23NO3. The molecule has 1 atom stereocenters. The highest BCUT2D eigenvalue weighted by molar-refractivity contribution is 5.81. The summed E-state index contributed by atoms with van der Waals surface area (Å²) < 4.78 is 10.9. The van der Waals surface area contributed by atoms with Crippen molar-refractivity contribution in [3.8, 4) is 11.5 Å². The number of rotatable bonds is 7. The van der Waals surface area contributed by atoms with Crippen molar-refractivity contribution in [2.75, 3.05) is 20.2 Å². The smallest absolute Gasteiger partial charge is 0.263 e. The van der Waals surface area contributed by atoms with Crippen molar-refractivity contribution in [2.45, 2.75) is 33.3 Å². The monoisotopic (exact) mass is 265 g/mol. The predicted molar refractivity (Wildman–Crippen MR) is 75.6 cm³/mol. The average molecular weight is 265 g/mol. The highest BCUT2D eigenvalue weighted by Crippen LogP contribution is 2.19. The quantitative estimate of drug-likeness (QED) is 0.761. The molecule has 0 N–H and O–H groups in total. The summed E-state index contributed by atoms with van der Waals surface area (Å²) in [6.07, 6.45) is 0.231. The van der Waals surface area contributed by atoms with E-state index < -0.39 is 6.10 Å². The predicted octanol–water partition coefficient (Wildman–Crippen LogP) is 2.72. The van der Waals surface area contributed by atoms with E-state index in [9.17, 15) is 4.79 Å². The molecule has 1 rings (SSSR count). The van der Waals surface area contributed by atoms with Crippen LogP contribution in [0.5, 0.6) is 11.5 Å². The molecule has 1 aromatic rings. The zero-order valence-corrected chi connectivity index (χ0v) is 12.2. The first-order valence-corrected chi connectivity index (χ1v) is 6.75. The first-order chi connectivity index (χ1) is 9.15. The molecule has 0 spiro atoms. The number of amides is 1. The maximum absolute atomic E-state index is 12.2. The van der Waals surface area contributed by atoms with Crippen molar-refractivity contribution in [1.29, 1.82) is 0 Å². The van der Waals surface area contributed by atoms with E-state index in [0.717, 1.165) is 5.75 Å². The van der Waals surface area contributed by atoms with Crippen molar-refractivity contribution >= 4 is 5.91 Å². The largest absolute Gasteiger partial charge is 0.497 e. The Morgan fingerprint density at radius 2 is 1.63 bits per heavy atom. The number of hydrogen-bond acceptors (Lipinski definition) is 3. The van der Waals surface area contributed by atoms with Crippen molar-refractivity contribution < 1.29 is 14.3 Å². The van der Waals surface area contributed by atoms with Gasteiger partial charge in [0, 0.05) is 13.1 Å². The second-order valence-electron chi connectivity index (χ2n) is 4.20. The van der Waals surface area contributed by atoms with Crippen molar-refractivity contribution in [3.63, 3.8) is 0 Å². The van der Waals surface area contributed by atoms with Gasteiger partial charge in [0.2, 0.25) is 0 Å². The van der Waals surface area contributed by atoms with Gasteiger partial charge in [-0.1, -0.05) is 6.92 Å². The fourth-order valence-corrected chi connectivity index (χ4v) is 1.87. The van der Waals surface area contributed by atoms with Gasteiger partial charge in [0.1, 0.15) is 11.5 Å². The van der Waals surface area contributed by atoms with Crippen LogP contribution in [0.2, 0.25) is 0 Å². The minimum Gasteiger partial charge on any atom is -0.497 e. The Labute approximate surface area is 115 Å². The summed E-state index contributed by atoms with van der Waals surface area (Å²) in [6, 6.07) is 7.28. The first kappa shape index (κ1) is 15.3. The highest BCUT2D eigenvalue weighted by atomic mass is 16.5. The molecule has 0 bridgehead atoms. The summed E-state index contributed by atoms with van der Waals surface area (Å²) >= 11 is 0. The van der Waals surface area contributed by atoms with E-state index in [2.05, 4.69) is 0 Å². The van der Waals surface area contributed by atoms with E-state index >= 15 is 0 Å². The number of carbonyl (C=O) groups is 1. The van der Waals surface area contributed by atoms with Crippen LogP contribution in [-0.2, 0) is 4.79 Å². The van der Waals surface area contributed by atoms with Crippen molar-refractivity contribution in [1.82, 2.24) is 4.90 Å². The lowest BCUT2D eigenvalue weighted by atomic mass is 10.2. The molecule has 0 saturated heterocycles. The minimum absolute atomic E-state index is 0.0447.